The molecule has 0 unspecified atom stereocenters. The van der Waals surface area contributed by atoms with Gasteiger partial charge < -0.3 is 9.80 Å². The topological polar surface area (TPSA) is 95.1 Å². The second kappa shape index (κ2) is 13.8. The van der Waals surface area contributed by atoms with Gasteiger partial charge in [0.2, 0.25) is 15.9 Å². The number of hydrogen-bond acceptors (Lipinski definition) is 6. The van der Waals surface area contributed by atoms with Crippen molar-refractivity contribution in [3.05, 3.63) is 65.7 Å². The molecule has 0 spiro atoms. The Bertz CT molecular complexity index is 1350. The van der Waals surface area contributed by atoms with Crippen LogP contribution >= 0.6 is 0 Å². The van der Waals surface area contributed by atoms with E-state index in [0.29, 0.717) is 31.5 Å². The van der Waals surface area contributed by atoms with Gasteiger partial charge >= 0.3 is 0 Å². The number of nitrogens with zero attached hydrogens (tertiary/aromatic N) is 3. The normalized spacial score (nSPS) is 19.2. The lowest BCUT2D eigenvalue weighted by molar-refractivity contribution is -0.133. The highest BCUT2D eigenvalue weighted by Gasteiger charge is 2.32. The molecule has 1 amide bonds. The summed E-state index contributed by atoms with van der Waals surface area (Å²) in [4.78, 5) is 18.0. The van der Waals surface area contributed by atoms with E-state index >= 15 is 0 Å². The Morgan fingerprint density at radius 1 is 0.878 bits per heavy atom. The zero-order valence-corrected chi connectivity index (χ0v) is 26.2. The quantitative estimate of drug-likeness (QED) is 0.388. The molecule has 0 aromatic heterocycles. The summed E-state index contributed by atoms with van der Waals surface area (Å²) in [5.74, 6) is 0.953. The van der Waals surface area contributed by atoms with Gasteiger partial charge in [-0.05, 0) is 80.7 Å². The van der Waals surface area contributed by atoms with Crippen LogP contribution in [-0.4, -0.2) is 94.7 Å². The van der Waals surface area contributed by atoms with Crippen molar-refractivity contribution >= 4 is 25.8 Å². The molecule has 41 heavy (non-hydrogen) atoms. The van der Waals surface area contributed by atoms with E-state index in [1.165, 1.54) is 18.1 Å². The molecule has 0 bridgehead atoms. The maximum atomic E-state index is 13.2. The minimum atomic E-state index is -3.26. The molecule has 8 nitrogen and oxygen atoms in total. The first-order valence-electron chi connectivity index (χ1n) is 14.8. The van der Waals surface area contributed by atoms with Crippen LogP contribution in [0.4, 0.5) is 0 Å². The van der Waals surface area contributed by atoms with E-state index < -0.39 is 19.9 Å². The molecular formula is C31H45N3O5S2. The monoisotopic (exact) mass is 603 g/mol. The van der Waals surface area contributed by atoms with Gasteiger partial charge in [0.05, 0.1) is 17.6 Å². The van der Waals surface area contributed by atoms with Crippen LogP contribution in [-0.2, 0) is 31.1 Å². The van der Waals surface area contributed by atoms with Crippen molar-refractivity contribution in [1.82, 2.24) is 14.1 Å². The molecule has 10 heteroatoms. The maximum Gasteiger partial charge on any atom is 0.227 e. The van der Waals surface area contributed by atoms with Gasteiger partial charge in [0, 0.05) is 45.0 Å². The number of carbonyl (C=O) groups excluding carboxylic acids is 1. The van der Waals surface area contributed by atoms with E-state index in [2.05, 4.69) is 29.2 Å². The van der Waals surface area contributed by atoms with Crippen LogP contribution in [0.15, 0.2) is 59.5 Å². The largest absolute Gasteiger partial charge is 0.340 e. The van der Waals surface area contributed by atoms with Gasteiger partial charge in [-0.3, -0.25) is 4.79 Å². The molecule has 2 aromatic carbocycles. The highest BCUT2D eigenvalue weighted by Crippen LogP contribution is 2.36. The van der Waals surface area contributed by atoms with Crippen molar-refractivity contribution < 1.29 is 21.6 Å². The predicted octanol–water partition coefficient (Wildman–Crippen LogP) is 3.79. The van der Waals surface area contributed by atoms with Crippen molar-refractivity contribution in [2.24, 2.45) is 5.92 Å². The number of likely N-dealkylation sites (tertiary alicyclic amines) is 1. The van der Waals surface area contributed by atoms with Crippen molar-refractivity contribution in [3.63, 3.8) is 0 Å². The van der Waals surface area contributed by atoms with E-state index in [4.69, 9.17) is 0 Å². The number of amides is 1. The molecule has 4 rings (SSSR count). The van der Waals surface area contributed by atoms with Gasteiger partial charge in [-0.15, -0.1) is 0 Å². The van der Waals surface area contributed by atoms with Crippen LogP contribution in [0.5, 0.6) is 0 Å². The Labute approximate surface area is 246 Å². The summed E-state index contributed by atoms with van der Waals surface area (Å²) in [6, 6.07) is 17.5. The van der Waals surface area contributed by atoms with Crippen LogP contribution in [0, 0.1) is 5.92 Å². The van der Waals surface area contributed by atoms with E-state index in [1.807, 2.05) is 17.9 Å². The maximum absolute atomic E-state index is 13.2. The average Bonchev–Trinajstić information content (AvgIpc) is 2.94. The highest BCUT2D eigenvalue weighted by atomic mass is 32.2. The third-order valence-electron chi connectivity index (χ3n) is 8.89. The fraction of sp³-hybridized carbons (Fsp3) is 0.581. The molecule has 226 valence electrons. The first kappa shape index (κ1) is 31.7. The lowest BCUT2D eigenvalue weighted by Crippen LogP contribution is -2.48. The Kier molecular flexibility index (Phi) is 10.7. The van der Waals surface area contributed by atoms with Crippen LogP contribution in [0.1, 0.15) is 56.1 Å². The molecule has 0 saturated carbocycles. The number of piperidine rings is 2. The van der Waals surface area contributed by atoms with Gasteiger partial charge in [0.1, 0.15) is 0 Å². The van der Waals surface area contributed by atoms with Crippen molar-refractivity contribution in [1.29, 1.82) is 0 Å². The molecule has 1 atom stereocenters. The number of benzene rings is 2. The second-order valence-corrected chi connectivity index (χ2v) is 15.6. The first-order valence-corrected chi connectivity index (χ1v) is 18.5. The number of hydrogen-bond donors (Lipinski definition) is 0. The lowest BCUT2D eigenvalue weighted by atomic mass is 9.78. The number of sulfonamides is 1. The Morgan fingerprint density at radius 3 is 2.02 bits per heavy atom. The van der Waals surface area contributed by atoms with Gasteiger partial charge in [-0.25, -0.2) is 21.1 Å². The third kappa shape index (κ3) is 8.63. The fourth-order valence-electron chi connectivity index (χ4n) is 6.53. The minimum Gasteiger partial charge on any atom is -0.340 e. The molecular weight excluding hydrogens is 558 g/mol. The highest BCUT2D eigenvalue weighted by molar-refractivity contribution is 7.90. The molecule has 2 saturated heterocycles. The third-order valence-corrected chi connectivity index (χ3v) is 11.3. The summed E-state index contributed by atoms with van der Waals surface area (Å²) in [6.45, 7) is 6.77. The van der Waals surface area contributed by atoms with Crippen molar-refractivity contribution in [2.75, 3.05) is 51.8 Å². The standard InChI is InChI=1S/C31H45N3O5S2/c1-4-34(31(35)24-25-10-12-29(13-11-25)40(2,36)37)28-16-19-32(20-17-28)21-18-30(26-8-6-5-7-9-26)27-14-22-33(23-15-27)41(3,38)39/h5-13,27-28,30H,4,14-24H2,1-3H3/t30-/m0/s1. The zero-order chi connectivity index (χ0) is 29.6. The van der Waals surface area contributed by atoms with Gasteiger partial charge in [0.15, 0.2) is 9.84 Å². The predicted molar refractivity (Wildman–Crippen MR) is 163 cm³/mol. The van der Waals surface area contributed by atoms with Gasteiger partial charge in [-0.1, -0.05) is 42.5 Å². The first-order chi connectivity index (χ1) is 19.5. The summed E-state index contributed by atoms with van der Waals surface area (Å²) >= 11 is 0. The van der Waals surface area contributed by atoms with Crippen molar-refractivity contribution in [3.8, 4) is 0 Å². The summed E-state index contributed by atoms with van der Waals surface area (Å²) in [6.07, 6.45) is 7.46. The Hall–Kier alpha value is -2.27. The number of rotatable bonds is 11. The summed E-state index contributed by atoms with van der Waals surface area (Å²) in [5, 5.41) is 0. The minimum absolute atomic E-state index is 0.0858. The molecule has 0 aliphatic carbocycles. The summed E-state index contributed by atoms with van der Waals surface area (Å²) < 4.78 is 49.1. The molecule has 2 heterocycles. The fourth-order valence-corrected chi connectivity index (χ4v) is 8.03. The number of likely N-dealkylation sites (N-methyl/N-ethyl adjacent to an activating group) is 1. The van der Waals surface area contributed by atoms with Crippen molar-refractivity contribution in [2.45, 2.75) is 62.3 Å². The smallest absolute Gasteiger partial charge is 0.227 e. The lowest BCUT2D eigenvalue weighted by Gasteiger charge is -2.40. The van der Waals surface area contributed by atoms with Gasteiger partial charge in [0.25, 0.3) is 0 Å². The van der Waals surface area contributed by atoms with E-state index in [0.717, 1.165) is 57.3 Å². The van der Waals surface area contributed by atoms with E-state index in [-0.39, 0.29) is 23.3 Å². The number of sulfone groups is 1. The second-order valence-electron chi connectivity index (χ2n) is 11.7. The Balaban J connectivity index is 1.30. The van der Waals surface area contributed by atoms with Crippen LogP contribution in [0.3, 0.4) is 0 Å². The molecule has 2 aliphatic rings. The average molecular weight is 604 g/mol. The summed E-state index contributed by atoms with van der Waals surface area (Å²) in [5.41, 5.74) is 2.17. The van der Waals surface area contributed by atoms with Crippen LogP contribution in [0.2, 0.25) is 0 Å². The van der Waals surface area contributed by atoms with Crippen LogP contribution < -0.4 is 0 Å². The van der Waals surface area contributed by atoms with E-state index in [9.17, 15) is 21.6 Å². The molecule has 0 radical (unpaired) electrons. The van der Waals surface area contributed by atoms with Gasteiger partial charge in [-0.2, -0.15) is 0 Å². The molecule has 2 aliphatic heterocycles. The van der Waals surface area contributed by atoms with E-state index in [1.54, 1.807) is 28.6 Å². The molecule has 2 fully saturated rings. The SMILES string of the molecule is CCN(C(=O)Cc1ccc(S(C)(=O)=O)cc1)C1CCN(CC[C@@H](c2ccccc2)C2CCN(S(C)(=O)=O)CC2)CC1. The molecule has 0 N–H and O–H groups in total. The molecule has 2 aromatic rings. The van der Waals surface area contributed by atoms with Crippen LogP contribution in [0.25, 0.3) is 0 Å². The zero-order valence-electron chi connectivity index (χ0n) is 24.6. The number of carbonyl (C=O) groups is 1. The Morgan fingerprint density at radius 2 is 1.49 bits per heavy atom. The summed E-state index contributed by atoms with van der Waals surface area (Å²) in [7, 11) is -6.40.